The molecule has 0 atom stereocenters. The number of fused-ring (bicyclic) bond motifs is 3. The molecule has 2 aliphatic heterocycles. The first-order chi connectivity index (χ1) is 42.4. The predicted octanol–water partition coefficient (Wildman–Crippen LogP) is 18.2. The number of benzene rings is 7. The second kappa shape index (κ2) is 46.4. The van der Waals surface area contributed by atoms with E-state index >= 15 is 0 Å². The zero-order valence-corrected chi connectivity index (χ0v) is 53.0. The molecular formula is C70H77N13PS2+. The van der Waals surface area contributed by atoms with Gasteiger partial charge in [0.2, 0.25) is 6.33 Å². The molecule has 0 unspecified atom stereocenters. The summed E-state index contributed by atoms with van der Waals surface area (Å²) >= 11 is 6.67. The average molecular weight is 1200 g/mol. The van der Waals surface area contributed by atoms with Crippen LogP contribution in [0, 0.1) is 84.3 Å². The standard InChI is InChI=1S/7C8H7N.3C4H6N2.C2H6.HPS.H2S/c3*1-2-4-8-7(3-1)5-6-9-8;2*1-7-5-3-4-6-8(7)9-2;1-7-3-2-4-8(5-7)6-9;1-7-4-2-3-5-8(7)6-9;3*1-4-2-5-3-6-4;2*1-2;/h2*1-4,6H,5H2;1-6,9H;2*3-6H,1H3;2*2-5H,1H3;3*2-3H,1H3,(H,5,6);1-2H3;1H;1H2/p+1/i/hD. The molecule has 438 valence electrons. The molecule has 7 aromatic carbocycles. The number of H-pyrrole nitrogens is 5. The first kappa shape index (κ1) is 72.0. The Balaban J connectivity index is 0.000000480. The Morgan fingerprint density at radius 3 is 1.36 bits per heavy atom. The molecule has 86 heavy (non-hydrogen) atoms. The smallest absolute Gasteiger partial charge is 0.239 e. The van der Waals surface area contributed by atoms with Crippen molar-refractivity contribution in [1.29, 1.82) is 11.6 Å². The van der Waals surface area contributed by atoms with E-state index in [1.807, 2.05) is 227 Å². The van der Waals surface area contributed by atoms with Crippen LogP contribution >= 0.6 is 21.4 Å². The summed E-state index contributed by atoms with van der Waals surface area (Å²) in [4.78, 5) is 37.2. The third kappa shape index (κ3) is 30.8. The van der Waals surface area contributed by atoms with Crippen molar-refractivity contribution >= 4 is 79.3 Å². The highest BCUT2D eigenvalue weighted by atomic mass is 32.4. The third-order valence-corrected chi connectivity index (χ3v) is 11.4. The van der Waals surface area contributed by atoms with E-state index < -0.39 is 0 Å². The first-order valence-electron chi connectivity index (χ1n) is 27.5. The van der Waals surface area contributed by atoms with E-state index in [1.165, 1.54) is 22.0 Å². The summed E-state index contributed by atoms with van der Waals surface area (Å²) in [7, 11) is 2.56. The Bertz CT molecular complexity index is 3490. The number of aromatic amines is 5. The van der Waals surface area contributed by atoms with Crippen LogP contribution in [0.25, 0.3) is 20.6 Å². The summed E-state index contributed by atoms with van der Waals surface area (Å²) in [6.45, 7) is 31.1. The molecule has 0 fully saturated rings. The van der Waals surface area contributed by atoms with Crippen molar-refractivity contribution in [3.8, 4) is 12.1 Å². The molecule has 5 N–H and O–H groups in total. The molecule has 4 aromatic heterocycles. The molecule has 16 heteroatoms. The van der Waals surface area contributed by atoms with E-state index in [-0.39, 0.29) is 0 Å². The fourth-order valence-corrected chi connectivity index (χ4v) is 6.90. The molecule has 0 saturated heterocycles. The van der Waals surface area contributed by atoms with Gasteiger partial charge in [0.15, 0.2) is 11.4 Å². The van der Waals surface area contributed by atoms with Gasteiger partial charge in [0.05, 0.1) is 61.6 Å². The van der Waals surface area contributed by atoms with Gasteiger partial charge in [-0.2, -0.15) is 23.9 Å². The lowest BCUT2D eigenvalue weighted by atomic mass is 10.1. The number of imidazole rings is 3. The lowest BCUT2D eigenvalue weighted by Crippen LogP contribution is -1.88. The van der Waals surface area contributed by atoms with Crippen molar-refractivity contribution < 1.29 is 4.98 Å². The molecule has 0 saturated carbocycles. The number of nitrogens with zero attached hydrogens (tertiary/aromatic N) is 8. The summed E-state index contributed by atoms with van der Waals surface area (Å²) in [6, 6.07) is 61.1. The van der Waals surface area contributed by atoms with Crippen LogP contribution in [0.15, 0.2) is 230 Å². The maximum Gasteiger partial charge on any atom is 0.239 e. The maximum atomic E-state index is 8.47. The van der Waals surface area contributed by atoms with Crippen molar-refractivity contribution in [2.75, 3.05) is 0 Å². The molecule has 0 amide bonds. The fourth-order valence-electron chi connectivity index (χ4n) is 6.90. The number of aromatic nitrogens is 7. The van der Waals surface area contributed by atoms with Crippen molar-refractivity contribution in [1.82, 2.24) is 29.9 Å². The van der Waals surface area contributed by atoms with Crippen LogP contribution in [0.5, 0.6) is 0 Å². The molecule has 11 aromatic rings. The van der Waals surface area contributed by atoms with Crippen molar-refractivity contribution in [2.24, 2.45) is 9.98 Å². The van der Waals surface area contributed by atoms with Crippen LogP contribution in [0.2, 0.25) is 0 Å². The molecule has 0 aliphatic carbocycles. The largest absolute Gasteiger partial charge is 0.361 e. The summed E-state index contributed by atoms with van der Waals surface area (Å²) in [5.74, 6) is 0. The van der Waals surface area contributed by atoms with Crippen LogP contribution in [0.3, 0.4) is 0 Å². The van der Waals surface area contributed by atoms with Crippen LogP contribution < -0.4 is 4.98 Å². The number of hydrogen-bond donors (Lipinski definition) is 4. The van der Waals surface area contributed by atoms with Crippen molar-refractivity contribution in [3.63, 3.8) is 0 Å². The molecule has 0 bridgehead atoms. The Kier molecular flexibility index (Phi) is 38.8. The van der Waals surface area contributed by atoms with E-state index in [1.54, 1.807) is 37.4 Å². The zero-order valence-electron chi connectivity index (χ0n) is 51.3. The van der Waals surface area contributed by atoms with Crippen LogP contribution in [0.4, 0.5) is 22.7 Å². The molecule has 13 rings (SSSR count). The number of rotatable bonds is 0. The Morgan fingerprint density at radius 2 is 1.02 bits per heavy atom. The lowest BCUT2D eigenvalue weighted by Gasteiger charge is -1.91. The van der Waals surface area contributed by atoms with Gasteiger partial charge in [-0.1, -0.05) is 159 Å². The second-order valence-corrected chi connectivity index (χ2v) is 17.8. The number of aryl methyl sites for hydroxylation is 7. The Morgan fingerprint density at radius 1 is 0.547 bits per heavy atom. The van der Waals surface area contributed by atoms with E-state index in [2.05, 4.69) is 130 Å². The van der Waals surface area contributed by atoms with Crippen molar-refractivity contribution in [3.05, 3.63) is 304 Å². The molecule has 13 nitrogen and oxygen atoms in total. The molecule has 2 aliphatic rings. The van der Waals surface area contributed by atoms with Crippen LogP contribution in [0.1, 0.15) is 75.4 Å². The van der Waals surface area contributed by atoms with E-state index in [9.17, 15) is 0 Å². The number of hydrogen-bond acceptors (Lipinski definition) is 7. The van der Waals surface area contributed by atoms with Gasteiger partial charge in [0.25, 0.3) is 0 Å². The van der Waals surface area contributed by atoms with Gasteiger partial charge >= 0.3 is 0 Å². The summed E-state index contributed by atoms with van der Waals surface area (Å²) in [5.41, 5.74) is 16.8. The van der Waals surface area contributed by atoms with Gasteiger partial charge in [0, 0.05) is 67.7 Å². The van der Waals surface area contributed by atoms with E-state index in [4.69, 9.17) is 24.8 Å². The van der Waals surface area contributed by atoms with Crippen molar-refractivity contribution in [2.45, 2.75) is 75.2 Å². The van der Waals surface area contributed by atoms with E-state index in [0.717, 1.165) is 86.1 Å². The predicted molar refractivity (Wildman–Crippen MR) is 368 cm³/mol. The lowest BCUT2D eigenvalue weighted by molar-refractivity contribution is -0.376. The third-order valence-electron chi connectivity index (χ3n) is 11.4. The van der Waals surface area contributed by atoms with Crippen LogP contribution in [-0.4, -0.2) is 43.5 Å². The monoisotopic (exact) mass is 1200 g/mol. The highest BCUT2D eigenvalue weighted by molar-refractivity contribution is 7.88. The van der Waals surface area contributed by atoms with Gasteiger partial charge in [-0.05, 0) is 131 Å². The highest BCUT2D eigenvalue weighted by Gasteiger charge is 2.03. The molecule has 0 radical (unpaired) electrons. The van der Waals surface area contributed by atoms with Crippen LogP contribution in [-0.2, 0) is 24.6 Å². The number of nitriles is 2. The number of nitrogens with one attached hydrogen (secondary N) is 5. The fraction of sp³-hybridized carbons (Fsp3) is 0.157. The topological polar surface area (TPSA) is 184 Å². The highest BCUT2D eigenvalue weighted by Crippen LogP contribution is 2.23. The number of para-hydroxylation sites is 5. The SMILES string of the molecule is C1=Nc2ccccc2C1.C1=Nc2ccccc2C1.CC.Cc1c[nH+]c[nH]1.Cc1cccc(C#N)c1.Cc1ccccc1C#N.Cc1cnc[nH]1.Cc1cnc[nH]1.P=S.[2H]S.[C-]#[N+]c1ccccc1C.[C-]#[N+]c1ccccc1C.c1ccc2[nH]ccc2c1. The molecule has 0 spiro atoms. The summed E-state index contributed by atoms with van der Waals surface area (Å²) in [6.07, 6.45) is 18.4. The van der Waals surface area contributed by atoms with Gasteiger partial charge in [-0.15, -0.1) is 0 Å². The van der Waals surface area contributed by atoms with Gasteiger partial charge in [0.1, 0.15) is 11.9 Å². The summed E-state index contributed by atoms with van der Waals surface area (Å²) < 4.78 is 5.44. The Labute approximate surface area is 524 Å². The second-order valence-electron chi connectivity index (χ2n) is 17.8. The van der Waals surface area contributed by atoms with Gasteiger partial charge in [-0.3, -0.25) is 15.0 Å². The minimum atomic E-state index is 0.731. The summed E-state index contributed by atoms with van der Waals surface area (Å²) in [5, 5.41) is 18.2. The minimum Gasteiger partial charge on any atom is -0.361 e. The van der Waals surface area contributed by atoms with E-state index in [0.29, 0.717) is 0 Å². The minimum absolute atomic E-state index is 0.731. The Hall–Kier alpha value is -10.1. The zero-order chi connectivity index (χ0) is 64.3. The first-order valence-corrected chi connectivity index (χ1v) is 28.7. The number of aliphatic imine (C=N–C) groups is 2. The van der Waals surface area contributed by atoms with Gasteiger partial charge < -0.3 is 15.0 Å². The molecule has 6 heterocycles. The van der Waals surface area contributed by atoms with Gasteiger partial charge in [-0.25, -0.2) is 24.6 Å². The maximum absolute atomic E-state index is 8.47. The quantitative estimate of drug-likeness (QED) is 0.0868. The average Bonchev–Trinajstić information content (AvgIpc) is 4.48. The normalized spacial score (nSPS) is 9.53. The molecular weight excluding hydrogens is 1120 g/mol.